The van der Waals surface area contributed by atoms with Gasteiger partial charge in [-0.25, -0.2) is 0 Å². The van der Waals surface area contributed by atoms with Crippen molar-refractivity contribution in [3.8, 4) is 0 Å². The van der Waals surface area contributed by atoms with Crippen LogP contribution in [-0.2, 0) is 15.6 Å². The first-order chi connectivity index (χ1) is 6.66. The summed E-state index contributed by atoms with van der Waals surface area (Å²) in [5.74, 6) is -0.781. The SMILES string of the molecule is O=C(O)CC=C1CC2CCC(C1)S2=O. The molecule has 2 heterocycles. The highest BCUT2D eigenvalue weighted by molar-refractivity contribution is 7.86. The zero-order valence-corrected chi connectivity index (χ0v) is 8.76. The van der Waals surface area contributed by atoms with Crippen molar-refractivity contribution in [2.75, 3.05) is 0 Å². The predicted molar refractivity (Wildman–Crippen MR) is 54.5 cm³/mol. The van der Waals surface area contributed by atoms with Gasteiger partial charge in [0.2, 0.25) is 0 Å². The van der Waals surface area contributed by atoms with E-state index >= 15 is 0 Å². The van der Waals surface area contributed by atoms with Gasteiger partial charge in [-0.3, -0.25) is 9.00 Å². The number of rotatable bonds is 2. The number of hydrogen-bond acceptors (Lipinski definition) is 2. The number of aliphatic carboxylic acids is 1. The lowest BCUT2D eigenvalue weighted by Gasteiger charge is -2.21. The molecule has 2 rings (SSSR count). The van der Waals surface area contributed by atoms with Gasteiger partial charge in [0.25, 0.3) is 0 Å². The average molecular weight is 214 g/mol. The second-order valence-electron chi connectivity index (χ2n) is 4.02. The Morgan fingerprint density at radius 1 is 1.43 bits per heavy atom. The number of hydrogen-bond donors (Lipinski definition) is 1. The topological polar surface area (TPSA) is 54.4 Å². The summed E-state index contributed by atoms with van der Waals surface area (Å²) in [4.78, 5) is 10.4. The number of carboxylic acid groups (broad SMARTS) is 1. The third-order valence-electron chi connectivity index (χ3n) is 3.01. The highest BCUT2D eigenvalue weighted by Gasteiger charge is 2.37. The molecule has 2 aliphatic heterocycles. The zero-order chi connectivity index (χ0) is 10.1. The molecule has 2 bridgehead atoms. The van der Waals surface area contributed by atoms with Crippen molar-refractivity contribution in [3.05, 3.63) is 11.6 Å². The van der Waals surface area contributed by atoms with Gasteiger partial charge in [-0.1, -0.05) is 11.6 Å². The minimum absolute atomic E-state index is 0.113. The summed E-state index contributed by atoms with van der Waals surface area (Å²) >= 11 is 0. The van der Waals surface area contributed by atoms with Crippen molar-refractivity contribution in [2.24, 2.45) is 0 Å². The molecule has 0 aromatic carbocycles. The molecule has 0 radical (unpaired) electrons. The Labute approximate surface area is 85.7 Å². The lowest BCUT2D eigenvalue weighted by atomic mass is 10.1. The van der Waals surface area contributed by atoms with Gasteiger partial charge in [0.05, 0.1) is 6.42 Å². The fourth-order valence-corrected chi connectivity index (χ4v) is 4.35. The van der Waals surface area contributed by atoms with Crippen LogP contribution in [0.1, 0.15) is 32.1 Å². The minimum atomic E-state index is -0.781. The molecule has 4 heteroatoms. The summed E-state index contributed by atoms with van der Waals surface area (Å²) in [5, 5.41) is 9.17. The zero-order valence-electron chi connectivity index (χ0n) is 7.94. The molecule has 0 aromatic rings. The van der Waals surface area contributed by atoms with Crippen molar-refractivity contribution in [3.63, 3.8) is 0 Å². The lowest BCUT2D eigenvalue weighted by molar-refractivity contribution is -0.136. The van der Waals surface area contributed by atoms with Crippen LogP contribution in [-0.4, -0.2) is 25.8 Å². The van der Waals surface area contributed by atoms with Crippen molar-refractivity contribution < 1.29 is 14.1 Å². The molecule has 2 fully saturated rings. The van der Waals surface area contributed by atoms with Crippen LogP contribution in [0.25, 0.3) is 0 Å². The van der Waals surface area contributed by atoms with Crippen LogP contribution in [0, 0.1) is 0 Å². The first kappa shape index (κ1) is 9.90. The van der Waals surface area contributed by atoms with E-state index in [-0.39, 0.29) is 6.42 Å². The summed E-state index contributed by atoms with van der Waals surface area (Å²) in [5.41, 5.74) is 1.21. The Morgan fingerprint density at radius 3 is 2.50 bits per heavy atom. The smallest absolute Gasteiger partial charge is 0.307 e. The van der Waals surface area contributed by atoms with Crippen LogP contribution in [0.2, 0.25) is 0 Å². The number of fused-ring (bicyclic) bond motifs is 2. The minimum Gasteiger partial charge on any atom is -0.481 e. The summed E-state index contributed by atoms with van der Waals surface area (Å²) in [6.45, 7) is 0. The van der Waals surface area contributed by atoms with Gasteiger partial charge in [-0.15, -0.1) is 0 Å². The highest BCUT2D eigenvalue weighted by atomic mass is 32.2. The summed E-state index contributed by atoms with van der Waals surface area (Å²) in [7, 11) is -0.642. The molecule has 78 valence electrons. The van der Waals surface area contributed by atoms with Crippen LogP contribution in [0.15, 0.2) is 11.6 Å². The fourth-order valence-electron chi connectivity index (χ4n) is 2.31. The van der Waals surface area contributed by atoms with E-state index in [4.69, 9.17) is 5.11 Å². The molecule has 2 unspecified atom stereocenters. The normalized spacial score (nSPS) is 35.7. The molecule has 0 saturated carbocycles. The third kappa shape index (κ3) is 1.90. The van der Waals surface area contributed by atoms with E-state index < -0.39 is 16.8 Å². The van der Waals surface area contributed by atoms with E-state index in [1.165, 1.54) is 5.57 Å². The molecule has 14 heavy (non-hydrogen) atoms. The van der Waals surface area contributed by atoms with E-state index in [1.807, 2.05) is 6.08 Å². The van der Waals surface area contributed by atoms with E-state index in [0.717, 1.165) is 25.7 Å². The molecule has 0 aliphatic carbocycles. The molecule has 0 amide bonds. The Bertz CT molecular complexity index is 290. The molecule has 0 spiro atoms. The first-order valence-corrected chi connectivity index (χ1v) is 6.23. The van der Waals surface area contributed by atoms with Crippen molar-refractivity contribution >= 4 is 16.8 Å². The third-order valence-corrected chi connectivity index (χ3v) is 5.13. The average Bonchev–Trinajstić information content (AvgIpc) is 2.41. The molecule has 3 nitrogen and oxygen atoms in total. The van der Waals surface area contributed by atoms with Crippen molar-refractivity contribution in [2.45, 2.75) is 42.6 Å². The predicted octanol–water partition coefficient (Wildman–Crippen LogP) is 1.46. The van der Waals surface area contributed by atoms with Gasteiger partial charge in [0, 0.05) is 21.3 Å². The molecule has 1 N–H and O–H groups in total. The molecule has 2 aliphatic rings. The number of allylic oxidation sites excluding steroid dienone is 1. The largest absolute Gasteiger partial charge is 0.481 e. The van der Waals surface area contributed by atoms with Gasteiger partial charge in [-0.2, -0.15) is 0 Å². The van der Waals surface area contributed by atoms with Crippen molar-refractivity contribution in [1.82, 2.24) is 0 Å². The van der Waals surface area contributed by atoms with Crippen LogP contribution in [0.4, 0.5) is 0 Å². The van der Waals surface area contributed by atoms with Gasteiger partial charge >= 0.3 is 5.97 Å². The monoisotopic (exact) mass is 214 g/mol. The van der Waals surface area contributed by atoms with E-state index in [1.54, 1.807) is 0 Å². The van der Waals surface area contributed by atoms with Crippen LogP contribution < -0.4 is 0 Å². The summed E-state index contributed by atoms with van der Waals surface area (Å²) < 4.78 is 11.6. The number of carboxylic acids is 1. The Morgan fingerprint density at radius 2 is 2.00 bits per heavy atom. The van der Waals surface area contributed by atoms with E-state index in [0.29, 0.717) is 10.5 Å². The summed E-state index contributed by atoms with van der Waals surface area (Å²) in [6, 6.07) is 0. The van der Waals surface area contributed by atoms with Crippen molar-refractivity contribution in [1.29, 1.82) is 0 Å². The highest BCUT2D eigenvalue weighted by Crippen LogP contribution is 2.38. The van der Waals surface area contributed by atoms with Crippen LogP contribution in [0.5, 0.6) is 0 Å². The Hall–Kier alpha value is -0.640. The van der Waals surface area contributed by atoms with E-state index in [2.05, 4.69) is 0 Å². The molecule has 0 aromatic heterocycles. The Kier molecular flexibility index (Phi) is 2.72. The van der Waals surface area contributed by atoms with Gasteiger partial charge in [-0.05, 0) is 25.7 Å². The summed E-state index contributed by atoms with van der Waals surface area (Å²) in [6.07, 6.45) is 5.75. The second-order valence-corrected chi connectivity index (χ2v) is 6.01. The maximum absolute atomic E-state index is 11.6. The lowest BCUT2D eigenvalue weighted by Crippen LogP contribution is -2.23. The van der Waals surface area contributed by atoms with Crippen LogP contribution in [0.3, 0.4) is 0 Å². The van der Waals surface area contributed by atoms with Crippen LogP contribution >= 0.6 is 0 Å². The van der Waals surface area contributed by atoms with Gasteiger partial charge in [0.1, 0.15) is 0 Å². The molecular formula is C10H14O3S. The second kappa shape index (κ2) is 3.85. The quantitative estimate of drug-likeness (QED) is 0.708. The molecular weight excluding hydrogens is 200 g/mol. The van der Waals surface area contributed by atoms with Gasteiger partial charge in [0.15, 0.2) is 0 Å². The Balaban J connectivity index is 2.02. The maximum Gasteiger partial charge on any atom is 0.307 e. The maximum atomic E-state index is 11.6. The molecule has 2 saturated heterocycles. The van der Waals surface area contributed by atoms with E-state index in [9.17, 15) is 9.00 Å². The fraction of sp³-hybridized carbons (Fsp3) is 0.700. The molecule has 2 atom stereocenters. The first-order valence-electron chi connectivity index (χ1n) is 4.96. The standard InChI is InChI=1S/C10H14O3S/c11-10(12)4-1-7-5-8-2-3-9(6-7)14(8)13/h1,8-9H,2-6H2,(H,11,12). The van der Waals surface area contributed by atoms with Gasteiger partial charge < -0.3 is 5.11 Å². The number of carbonyl (C=O) groups is 1.